The average Bonchev–Trinajstić information content (AvgIpc) is 2.15. The summed E-state index contributed by atoms with van der Waals surface area (Å²) in [6, 6.07) is 6.12. The monoisotopic (exact) mass is 193 g/mol. The molecule has 1 unspecified atom stereocenters. The van der Waals surface area contributed by atoms with E-state index in [1.54, 1.807) is 0 Å². The maximum absolute atomic E-state index is 9.78. The molecular weight excluding hydrogens is 174 g/mol. The van der Waals surface area contributed by atoms with E-state index in [9.17, 15) is 5.11 Å². The average molecular weight is 193 g/mol. The molecule has 0 bridgehead atoms. The van der Waals surface area contributed by atoms with Crippen LogP contribution in [0.2, 0.25) is 0 Å². The molecule has 0 aliphatic rings. The number of phenolic OH excluding ortho intramolecular Hbond substituents is 1. The van der Waals surface area contributed by atoms with Crippen LogP contribution in [0.15, 0.2) is 18.2 Å². The lowest BCUT2D eigenvalue weighted by molar-refractivity contribution is 0.270. The van der Waals surface area contributed by atoms with Crippen molar-refractivity contribution in [3.63, 3.8) is 0 Å². The van der Waals surface area contributed by atoms with Gasteiger partial charge in [-0.25, -0.2) is 0 Å². The number of nitrogens with zero attached hydrogens (tertiary/aromatic N) is 1. The molecule has 0 amide bonds. The van der Waals surface area contributed by atoms with Crippen LogP contribution in [0.1, 0.15) is 31.0 Å². The quantitative estimate of drug-likeness (QED) is 0.797. The number of aryl methyl sites for hydroxylation is 1. The summed E-state index contributed by atoms with van der Waals surface area (Å²) in [6.45, 7) is 7.18. The van der Waals surface area contributed by atoms with Gasteiger partial charge in [0.15, 0.2) is 0 Å². The van der Waals surface area contributed by atoms with Crippen molar-refractivity contribution < 1.29 is 5.11 Å². The van der Waals surface area contributed by atoms with E-state index >= 15 is 0 Å². The maximum atomic E-state index is 9.78. The van der Waals surface area contributed by atoms with Crippen molar-refractivity contribution >= 4 is 0 Å². The van der Waals surface area contributed by atoms with Crippen molar-refractivity contribution in [2.75, 3.05) is 13.6 Å². The predicted molar refractivity (Wildman–Crippen MR) is 59.6 cm³/mol. The molecule has 0 heterocycles. The number of hydrogen-bond acceptors (Lipinski definition) is 2. The highest BCUT2D eigenvalue weighted by atomic mass is 16.3. The highest BCUT2D eigenvalue weighted by Gasteiger charge is 2.13. The van der Waals surface area contributed by atoms with Crippen molar-refractivity contribution in [1.29, 1.82) is 0 Å². The van der Waals surface area contributed by atoms with E-state index in [-0.39, 0.29) is 6.04 Å². The molecule has 1 aromatic carbocycles. The number of hydrogen-bond donors (Lipinski definition) is 1. The highest BCUT2D eigenvalue weighted by molar-refractivity contribution is 5.37. The third-order valence-electron chi connectivity index (χ3n) is 2.80. The van der Waals surface area contributed by atoms with Crippen LogP contribution < -0.4 is 0 Å². The van der Waals surface area contributed by atoms with Crippen molar-refractivity contribution in [3.8, 4) is 5.75 Å². The fraction of sp³-hybridized carbons (Fsp3) is 0.500. The van der Waals surface area contributed by atoms with Gasteiger partial charge in [0.05, 0.1) is 0 Å². The Bertz CT molecular complexity index is 309. The van der Waals surface area contributed by atoms with Gasteiger partial charge in [0.25, 0.3) is 0 Å². The molecule has 2 nitrogen and oxygen atoms in total. The van der Waals surface area contributed by atoms with E-state index in [0.717, 1.165) is 17.7 Å². The van der Waals surface area contributed by atoms with Gasteiger partial charge in [0.2, 0.25) is 0 Å². The van der Waals surface area contributed by atoms with Gasteiger partial charge < -0.3 is 5.11 Å². The summed E-state index contributed by atoms with van der Waals surface area (Å²) in [5.41, 5.74) is 2.09. The van der Waals surface area contributed by atoms with Gasteiger partial charge in [-0.3, -0.25) is 4.90 Å². The standard InChI is InChI=1S/C12H19NO/c1-5-13(4)10(3)11-7-6-9(2)8-12(11)14/h6-8,10,14H,5H2,1-4H3. The van der Waals surface area contributed by atoms with Gasteiger partial charge in [-0.1, -0.05) is 19.1 Å². The molecule has 0 spiro atoms. The molecule has 0 fully saturated rings. The van der Waals surface area contributed by atoms with E-state index < -0.39 is 0 Å². The van der Waals surface area contributed by atoms with Gasteiger partial charge in [-0.15, -0.1) is 0 Å². The molecule has 2 heteroatoms. The first-order valence-corrected chi connectivity index (χ1v) is 5.06. The summed E-state index contributed by atoms with van der Waals surface area (Å²) in [7, 11) is 2.06. The SMILES string of the molecule is CCN(C)C(C)c1ccc(C)cc1O. The Labute approximate surface area is 86.2 Å². The highest BCUT2D eigenvalue weighted by Crippen LogP contribution is 2.27. The van der Waals surface area contributed by atoms with Gasteiger partial charge in [-0.05, 0) is 39.1 Å². The zero-order valence-electron chi connectivity index (χ0n) is 9.41. The lowest BCUT2D eigenvalue weighted by Crippen LogP contribution is -2.21. The fourth-order valence-corrected chi connectivity index (χ4v) is 1.52. The largest absolute Gasteiger partial charge is 0.508 e. The van der Waals surface area contributed by atoms with Gasteiger partial charge in [0.1, 0.15) is 5.75 Å². The second-order valence-electron chi connectivity index (χ2n) is 3.81. The normalized spacial score (nSPS) is 13.2. The first-order valence-electron chi connectivity index (χ1n) is 5.06. The van der Waals surface area contributed by atoms with Crippen LogP contribution >= 0.6 is 0 Å². The third-order valence-corrected chi connectivity index (χ3v) is 2.80. The Morgan fingerprint density at radius 2 is 2.07 bits per heavy atom. The first kappa shape index (κ1) is 11.1. The van der Waals surface area contributed by atoms with Crippen LogP contribution in [0.5, 0.6) is 5.75 Å². The number of rotatable bonds is 3. The Balaban J connectivity index is 2.95. The zero-order valence-corrected chi connectivity index (χ0v) is 9.41. The number of aromatic hydroxyl groups is 1. The number of phenols is 1. The summed E-state index contributed by atoms with van der Waals surface area (Å²) in [6.07, 6.45) is 0. The molecule has 1 rings (SSSR count). The van der Waals surface area contributed by atoms with Crippen LogP contribution in [0.25, 0.3) is 0 Å². The second kappa shape index (κ2) is 4.47. The summed E-state index contributed by atoms with van der Waals surface area (Å²) in [4.78, 5) is 2.20. The zero-order chi connectivity index (χ0) is 10.7. The van der Waals surface area contributed by atoms with E-state index in [1.807, 2.05) is 25.1 Å². The Morgan fingerprint density at radius 1 is 1.43 bits per heavy atom. The lowest BCUT2D eigenvalue weighted by atomic mass is 10.0. The Kier molecular flexibility index (Phi) is 3.53. The molecule has 1 N–H and O–H groups in total. The van der Waals surface area contributed by atoms with E-state index in [0.29, 0.717) is 5.75 Å². The molecule has 0 radical (unpaired) electrons. The summed E-state index contributed by atoms with van der Waals surface area (Å²) >= 11 is 0. The fourth-order valence-electron chi connectivity index (χ4n) is 1.52. The first-order chi connectivity index (χ1) is 6.56. The Hall–Kier alpha value is -1.02. The van der Waals surface area contributed by atoms with Crippen LogP contribution in [0.3, 0.4) is 0 Å². The minimum atomic E-state index is 0.264. The Morgan fingerprint density at radius 3 is 2.57 bits per heavy atom. The lowest BCUT2D eigenvalue weighted by Gasteiger charge is -2.24. The molecule has 1 aromatic rings. The van der Waals surface area contributed by atoms with Crippen molar-refractivity contribution in [2.45, 2.75) is 26.8 Å². The second-order valence-corrected chi connectivity index (χ2v) is 3.81. The van der Waals surface area contributed by atoms with Crippen LogP contribution in [0, 0.1) is 6.92 Å². The van der Waals surface area contributed by atoms with Crippen molar-refractivity contribution in [2.24, 2.45) is 0 Å². The van der Waals surface area contributed by atoms with Crippen LogP contribution in [-0.4, -0.2) is 23.6 Å². The summed E-state index contributed by atoms with van der Waals surface area (Å²) < 4.78 is 0. The molecule has 0 aromatic heterocycles. The predicted octanol–water partition coefficient (Wildman–Crippen LogP) is 2.71. The van der Waals surface area contributed by atoms with Crippen molar-refractivity contribution in [3.05, 3.63) is 29.3 Å². The smallest absolute Gasteiger partial charge is 0.120 e. The minimum Gasteiger partial charge on any atom is -0.508 e. The van der Waals surface area contributed by atoms with Gasteiger partial charge in [-0.2, -0.15) is 0 Å². The van der Waals surface area contributed by atoms with Crippen molar-refractivity contribution in [1.82, 2.24) is 4.90 Å². The molecular formula is C12H19NO. The van der Waals surface area contributed by atoms with E-state index in [2.05, 4.69) is 25.8 Å². The molecule has 0 aliphatic heterocycles. The molecule has 0 saturated carbocycles. The van der Waals surface area contributed by atoms with Crippen LogP contribution in [0.4, 0.5) is 0 Å². The maximum Gasteiger partial charge on any atom is 0.120 e. The minimum absolute atomic E-state index is 0.264. The van der Waals surface area contributed by atoms with Gasteiger partial charge >= 0.3 is 0 Å². The summed E-state index contributed by atoms with van der Waals surface area (Å²) in [5.74, 6) is 0.401. The third kappa shape index (κ3) is 2.26. The molecule has 0 saturated heterocycles. The molecule has 78 valence electrons. The molecule has 14 heavy (non-hydrogen) atoms. The van der Waals surface area contributed by atoms with Gasteiger partial charge in [0, 0.05) is 11.6 Å². The molecule has 1 atom stereocenters. The topological polar surface area (TPSA) is 23.5 Å². The molecule has 0 aliphatic carbocycles. The van der Waals surface area contributed by atoms with E-state index in [4.69, 9.17) is 0 Å². The van der Waals surface area contributed by atoms with Crippen LogP contribution in [-0.2, 0) is 0 Å². The summed E-state index contributed by atoms with van der Waals surface area (Å²) in [5, 5.41) is 9.78. The number of benzene rings is 1. The van der Waals surface area contributed by atoms with E-state index in [1.165, 1.54) is 0 Å².